The fourth-order valence-electron chi connectivity index (χ4n) is 2.13. The normalized spacial score (nSPS) is 14.6. The van der Waals surface area contributed by atoms with Crippen molar-refractivity contribution in [1.29, 1.82) is 0 Å². The maximum atomic E-state index is 12.6. The molecule has 0 amide bonds. The summed E-state index contributed by atoms with van der Waals surface area (Å²) in [6.07, 6.45) is 3.26. The van der Waals surface area contributed by atoms with Gasteiger partial charge >= 0.3 is 5.97 Å². The number of imidazole rings is 1. The van der Waals surface area contributed by atoms with E-state index in [1.54, 1.807) is 23.9 Å². The summed E-state index contributed by atoms with van der Waals surface area (Å²) in [4.78, 5) is 15.1. The number of fused-ring (bicyclic) bond motifs is 1. The van der Waals surface area contributed by atoms with E-state index in [9.17, 15) is 13.2 Å². The van der Waals surface area contributed by atoms with Gasteiger partial charge in [-0.2, -0.15) is 0 Å². The van der Waals surface area contributed by atoms with Crippen LogP contribution >= 0.6 is 11.3 Å². The number of sulfonamides is 1. The molecule has 7 nitrogen and oxygen atoms in total. The zero-order valence-electron chi connectivity index (χ0n) is 10.5. The Balaban J connectivity index is 2.06. The molecule has 0 bridgehead atoms. The maximum absolute atomic E-state index is 12.6. The lowest BCUT2D eigenvalue weighted by atomic mass is 10.3. The molecule has 9 heteroatoms. The third kappa shape index (κ3) is 1.81. The molecule has 0 saturated heterocycles. The van der Waals surface area contributed by atoms with Crippen molar-refractivity contribution in [3.63, 3.8) is 0 Å². The SMILES string of the molecule is Cc1cc(S(=O)(=O)N2CCn3ccnc32)sc1C(=O)O. The van der Waals surface area contributed by atoms with Crippen molar-refractivity contribution in [2.24, 2.45) is 0 Å². The third-order valence-electron chi connectivity index (χ3n) is 3.09. The number of thiophene rings is 1. The molecular weight excluding hydrogens is 302 g/mol. The van der Waals surface area contributed by atoms with Gasteiger partial charge in [-0.15, -0.1) is 11.3 Å². The van der Waals surface area contributed by atoms with Crippen molar-refractivity contribution in [1.82, 2.24) is 9.55 Å². The lowest BCUT2D eigenvalue weighted by molar-refractivity contribution is 0.0701. The molecule has 1 aliphatic rings. The highest BCUT2D eigenvalue weighted by molar-refractivity contribution is 7.94. The summed E-state index contributed by atoms with van der Waals surface area (Å²) in [6.45, 7) is 2.44. The van der Waals surface area contributed by atoms with Gasteiger partial charge in [0.25, 0.3) is 10.0 Å². The molecule has 1 N–H and O–H groups in total. The van der Waals surface area contributed by atoms with Crippen molar-refractivity contribution in [2.75, 3.05) is 10.8 Å². The molecule has 0 radical (unpaired) electrons. The smallest absolute Gasteiger partial charge is 0.346 e. The van der Waals surface area contributed by atoms with Gasteiger partial charge in [0.15, 0.2) is 0 Å². The molecule has 1 aliphatic heterocycles. The van der Waals surface area contributed by atoms with E-state index >= 15 is 0 Å². The van der Waals surface area contributed by atoms with Crippen LogP contribution in [-0.2, 0) is 16.6 Å². The summed E-state index contributed by atoms with van der Waals surface area (Å²) in [7, 11) is -3.75. The summed E-state index contributed by atoms with van der Waals surface area (Å²) in [5.74, 6) is -0.746. The number of aryl methyl sites for hydroxylation is 1. The van der Waals surface area contributed by atoms with Crippen LogP contribution in [0.15, 0.2) is 22.7 Å². The van der Waals surface area contributed by atoms with Gasteiger partial charge in [0.05, 0.1) is 6.54 Å². The maximum Gasteiger partial charge on any atom is 0.346 e. The lowest BCUT2D eigenvalue weighted by Crippen LogP contribution is -2.28. The van der Waals surface area contributed by atoms with Crippen molar-refractivity contribution in [2.45, 2.75) is 17.7 Å². The van der Waals surface area contributed by atoms with Crippen LogP contribution in [0, 0.1) is 6.92 Å². The quantitative estimate of drug-likeness (QED) is 0.918. The van der Waals surface area contributed by atoms with E-state index in [0.717, 1.165) is 11.3 Å². The number of aromatic nitrogens is 2. The van der Waals surface area contributed by atoms with Crippen molar-refractivity contribution >= 4 is 33.3 Å². The zero-order valence-corrected chi connectivity index (χ0v) is 12.1. The minimum absolute atomic E-state index is 0.0313. The molecule has 0 atom stereocenters. The van der Waals surface area contributed by atoms with E-state index in [1.165, 1.54) is 10.4 Å². The Morgan fingerprint density at radius 3 is 2.85 bits per heavy atom. The molecule has 3 heterocycles. The van der Waals surface area contributed by atoms with Gasteiger partial charge in [-0.3, -0.25) is 0 Å². The Morgan fingerprint density at radius 1 is 1.45 bits per heavy atom. The first-order chi connectivity index (χ1) is 9.41. The Kier molecular flexibility index (Phi) is 2.83. The fourth-order valence-corrected chi connectivity index (χ4v) is 5.05. The molecule has 2 aromatic heterocycles. The second-order valence-electron chi connectivity index (χ2n) is 4.38. The molecule has 2 aromatic rings. The second-order valence-corrected chi connectivity index (χ2v) is 7.52. The predicted molar refractivity (Wildman–Crippen MR) is 72.8 cm³/mol. The van der Waals surface area contributed by atoms with Crippen LogP contribution in [-0.4, -0.2) is 35.6 Å². The molecule has 0 aromatic carbocycles. The summed E-state index contributed by atoms with van der Waals surface area (Å²) < 4.78 is 28.1. The van der Waals surface area contributed by atoms with Gasteiger partial charge in [-0.1, -0.05) is 0 Å². The van der Waals surface area contributed by atoms with E-state index in [2.05, 4.69) is 4.98 Å². The predicted octanol–water partition coefficient (Wildman–Crippen LogP) is 1.16. The average Bonchev–Trinajstić information content (AvgIpc) is 3.00. The number of aromatic carboxylic acids is 1. The fraction of sp³-hybridized carbons (Fsp3) is 0.273. The Bertz CT molecular complexity index is 790. The number of hydrogen-bond acceptors (Lipinski definition) is 5. The molecule has 0 aliphatic carbocycles. The number of carboxylic acids is 1. The highest BCUT2D eigenvalue weighted by atomic mass is 32.2. The third-order valence-corrected chi connectivity index (χ3v) is 6.55. The van der Waals surface area contributed by atoms with E-state index < -0.39 is 16.0 Å². The van der Waals surface area contributed by atoms with E-state index in [4.69, 9.17) is 5.11 Å². The Morgan fingerprint density at radius 2 is 2.20 bits per heavy atom. The molecular formula is C11H11N3O4S2. The van der Waals surface area contributed by atoms with Crippen LogP contribution in [0.5, 0.6) is 0 Å². The molecule has 0 unspecified atom stereocenters. The Labute approximate surface area is 119 Å². The van der Waals surface area contributed by atoms with Crippen LogP contribution in [0.1, 0.15) is 15.2 Å². The molecule has 20 heavy (non-hydrogen) atoms. The van der Waals surface area contributed by atoms with Crippen LogP contribution in [0.3, 0.4) is 0 Å². The van der Waals surface area contributed by atoms with Gasteiger partial charge in [0, 0.05) is 18.9 Å². The zero-order chi connectivity index (χ0) is 14.5. The van der Waals surface area contributed by atoms with Crippen LogP contribution < -0.4 is 4.31 Å². The summed E-state index contributed by atoms with van der Waals surface area (Å²) in [5.41, 5.74) is 0.448. The summed E-state index contributed by atoms with van der Waals surface area (Å²) in [5, 5.41) is 9.02. The van der Waals surface area contributed by atoms with Gasteiger partial charge in [-0.05, 0) is 18.6 Å². The van der Waals surface area contributed by atoms with E-state index in [0.29, 0.717) is 24.6 Å². The molecule has 0 fully saturated rings. The van der Waals surface area contributed by atoms with Gasteiger partial charge in [0.2, 0.25) is 5.95 Å². The van der Waals surface area contributed by atoms with Gasteiger partial charge in [-0.25, -0.2) is 22.5 Å². The monoisotopic (exact) mass is 313 g/mol. The second kappa shape index (κ2) is 4.32. The van der Waals surface area contributed by atoms with Crippen LogP contribution in [0.2, 0.25) is 0 Å². The Hall–Kier alpha value is -1.87. The molecule has 3 rings (SSSR count). The van der Waals surface area contributed by atoms with Gasteiger partial charge in [0.1, 0.15) is 9.09 Å². The molecule has 0 spiro atoms. The average molecular weight is 313 g/mol. The first-order valence-corrected chi connectivity index (χ1v) is 8.04. The highest BCUT2D eigenvalue weighted by Gasteiger charge is 2.34. The van der Waals surface area contributed by atoms with Crippen LogP contribution in [0.4, 0.5) is 5.95 Å². The number of carbonyl (C=O) groups is 1. The molecule has 0 saturated carbocycles. The molecule has 106 valence electrons. The first kappa shape index (κ1) is 13.1. The van der Waals surface area contributed by atoms with Gasteiger partial charge < -0.3 is 9.67 Å². The highest BCUT2D eigenvalue weighted by Crippen LogP contribution is 2.32. The summed E-state index contributed by atoms with van der Waals surface area (Å²) in [6, 6.07) is 1.40. The number of hydrogen-bond donors (Lipinski definition) is 1. The number of nitrogens with zero attached hydrogens (tertiary/aromatic N) is 3. The van der Waals surface area contributed by atoms with Crippen molar-refractivity contribution in [3.8, 4) is 0 Å². The number of rotatable bonds is 3. The van der Waals surface area contributed by atoms with Crippen molar-refractivity contribution in [3.05, 3.63) is 28.9 Å². The van der Waals surface area contributed by atoms with Crippen molar-refractivity contribution < 1.29 is 18.3 Å². The lowest BCUT2D eigenvalue weighted by Gasteiger charge is -2.14. The van der Waals surface area contributed by atoms with E-state index in [-0.39, 0.29) is 9.09 Å². The number of anilines is 1. The summed E-state index contributed by atoms with van der Waals surface area (Å²) >= 11 is 0.772. The van der Waals surface area contributed by atoms with Crippen LogP contribution in [0.25, 0.3) is 0 Å². The topological polar surface area (TPSA) is 92.5 Å². The minimum atomic E-state index is -3.75. The standard InChI is InChI=1S/C11H11N3O4S2/c1-7-6-8(19-9(7)10(15)16)20(17,18)14-5-4-13-3-2-12-11(13)14/h2-3,6H,4-5H2,1H3,(H,15,16). The first-order valence-electron chi connectivity index (χ1n) is 5.79. The largest absolute Gasteiger partial charge is 0.477 e. The number of carboxylic acid groups (broad SMARTS) is 1. The minimum Gasteiger partial charge on any atom is -0.477 e. The van der Waals surface area contributed by atoms with E-state index in [1.807, 2.05) is 0 Å².